The molecule has 1 atom stereocenters. The SMILES string of the molecule is c1csc(CNCCC2CCCCO2)n1. The van der Waals surface area contributed by atoms with Crippen LogP contribution in [-0.2, 0) is 11.3 Å². The van der Waals surface area contributed by atoms with Crippen molar-refractivity contribution >= 4 is 11.3 Å². The minimum atomic E-state index is 0.488. The van der Waals surface area contributed by atoms with Gasteiger partial charge in [0.2, 0.25) is 0 Å². The zero-order chi connectivity index (χ0) is 10.3. The van der Waals surface area contributed by atoms with E-state index in [1.807, 2.05) is 11.6 Å². The zero-order valence-corrected chi connectivity index (χ0v) is 9.76. The molecule has 0 saturated carbocycles. The molecule has 0 radical (unpaired) electrons. The van der Waals surface area contributed by atoms with Gasteiger partial charge < -0.3 is 10.1 Å². The van der Waals surface area contributed by atoms with E-state index in [1.54, 1.807) is 11.3 Å². The quantitative estimate of drug-likeness (QED) is 0.782. The molecule has 0 aliphatic carbocycles. The maximum Gasteiger partial charge on any atom is 0.106 e. The van der Waals surface area contributed by atoms with Crippen LogP contribution in [0, 0.1) is 0 Å². The van der Waals surface area contributed by atoms with E-state index >= 15 is 0 Å². The largest absolute Gasteiger partial charge is 0.378 e. The highest BCUT2D eigenvalue weighted by Gasteiger charge is 2.12. The van der Waals surface area contributed by atoms with Crippen LogP contribution < -0.4 is 5.32 Å². The van der Waals surface area contributed by atoms with Crippen LogP contribution in [0.5, 0.6) is 0 Å². The highest BCUT2D eigenvalue weighted by atomic mass is 32.1. The Morgan fingerprint density at radius 1 is 1.53 bits per heavy atom. The lowest BCUT2D eigenvalue weighted by atomic mass is 10.1. The number of nitrogens with one attached hydrogen (secondary N) is 1. The van der Waals surface area contributed by atoms with Gasteiger partial charge in [0.15, 0.2) is 0 Å². The summed E-state index contributed by atoms with van der Waals surface area (Å²) >= 11 is 1.70. The Morgan fingerprint density at radius 2 is 2.53 bits per heavy atom. The fourth-order valence-corrected chi connectivity index (χ4v) is 2.42. The highest BCUT2D eigenvalue weighted by Crippen LogP contribution is 2.14. The second kappa shape index (κ2) is 6.20. The van der Waals surface area contributed by atoms with Gasteiger partial charge in [0, 0.05) is 24.7 Å². The Morgan fingerprint density at radius 3 is 3.27 bits per heavy atom. The third-order valence-electron chi connectivity index (χ3n) is 2.68. The molecular weight excluding hydrogens is 208 g/mol. The first-order valence-corrected chi connectivity index (χ1v) is 6.54. The Labute approximate surface area is 94.9 Å². The average Bonchev–Trinajstić information content (AvgIpc) is 2.79. The molecule has 1 N–H and O–H groups in total. The summed E-state index contributed by atoms with van der Waals surface area (Å²) in [6, 6.07) is 0. The molecule has 0 amide bonds. The van der Waals surface area contributed by atoms with E-state index in [9.17, 15) is 0 Å². The Balaban J connectivity index is 1.54. The molecule has 1 fully saturated rings. The fourth-order valence-electron chi connectivity index (χ4n) is 1.83. The van der Waals surface area contributed by atoms with Gasteiger partial charge in [0.25, 0.3) is 0 Å². The Kier molecular flexibility index (Phi) is 4.57. The van der Waals surface area contributed by atoms with Crippen LogP contribution in [0.2, 0.25) is 0 Å². The molecule has 1 aliphatic rings. The molecule has 1 aromatic heterocycles. The number of aromatic nitrogens is 1. The summed E-state index contributed by atoms with van der Waals surface area (Å²) in [6.45, 7) is 2.88. The van der Waals surface area contributed by atoms with E-state index in [0.29, 0.717) is 6.10 Å². The fraction of sp³-hybridized carbons (Fsp3) is 0.727. The van der Waals surface area contributed by atoms with E-state index in [1.165, 1.54) is 24.3 Å². The van der Waals surface area contributed by atoms with Crippen molar-refractivity contribution in [1.82, 2.24) is 10.3 Å². The van der Waals surface area contributed by atoms with Crippen molar-refractivity contribution in [3.8, 4) is 0 Å². The molecule has 15 heavy (non-hydrogen) atoms. The first kappa shape index (κ1) is 11.0. The molecule has 1 aromatic rings. The molecule has 4 heteroatoms. The summed E-state index contributed by atoms with van der Waals surface area (Å²) in [4.78, 5) is 4.23. The van der Waals surface area contributed by atoms with Gasteiger partial charge in [-0.3, -0.25) is 0 Å². The van der Waals surface area contributed by atoms with Gasteiger partial charge in [-0.25, -0.2) is 4.98 Å². The van der Waals surface area contributed by atoms with E-state index in [0.717, 1.165) is 26.1 Å². The van der Waals surface area contributed by atoms with Crippen molar-refractivity contribution in [2.24, 2.45) is 0 Å². The zero-order valence-electron chi connectivity index (χ0n) is 8.95. The second-order valence-electron chi connectivity index (χ2n) is 3.88. The van der Waals surface area contributed by atoms with Gasteiger partial charge in [0.05, 0.1) is 6.10 Å². The van der Waals surface area contributed by atoms with Crippen molar-refractivity contribution < 1.29 is 4.74 Å². The van der Waals surface area contributed by atoms with E-state index < -0.39 is 0 Å². The number of nitrogens with zero attached hydrogens (tertiary/aromatic N) is 1. The third-order valence-corrected chi connectivity index (χ3v) is 3.46. The van der Waals surface area contributed by atoms with Gasteiger partial charge >= 0.3 is 0 Å². The summed E-state index contributed by atoms with van der Waals surface area (Å²) in [5.74, 6) is 0. The number of hydrogen-bond acceptors (Lipinski definition) is 4. The molecule has 1 saturated heterocycles. The summed E-state index contributed by atoms with van der Waals surface area (Å²) in [5.41, 5.74) is 0. The van der Waals surface area contributed by atoms with Gasteiger partial charge in [-0.1, -0.05) is 0 Å². The summed E-state index contributed by atoms with van der Waals surface area (Å²) in [6.07, 6.45) is 7.28. The number of hydrogen-bond donors (Lipinski definition) is 1. The van der Waals surface area contributed by atoms with E-state index in [2.05, 4.69) is 10.3 Å². The first-order valence-electron chi connectivity index (χ1n) is 5.66. The number of ether oxygens (including phenoxy) is 1. The first-order chi connectivity index (χ1) is 7.45. The average molecular weight is 226 g/mol. The van der Waals surface area contributed by atoms with Gasteiger partial charge in [0.1, 0.15) is 5.01 Å². The molecule has 1 aliphatic heterocycles. The van der Waals surface area contributed by atoms with Crippen molar-refractivity contribution in [3.63, 3.8) is 0 Å². The van der Waals surface area contributed by atoms with Crippen LogP contribution in [0.25, 0.3) is 0 Å². The monoisotopic (exact) mass is 226 g/mol. The van der Waals surface area contributed by atoms with Crippen molar-refractivity contribution in [3.05, 3.63) is 16.6 Å². The molecule has 84 valence electrons. The third kappa shape index (κ3) is 3.89. The molecule has 0 aromatic carbocycles. The van der Waals surface area contributed by atoms with Crippen molar-refractivity contribution in [1.29, 1.82) is 0 Å². The van der Waals surface area contributed by atoms with Crippen LogP contribution in [0.3, 0.4) is 0 Å². The van der Waals surface area contributed by atoms with Gasteiger partial charge in [-0.2, -0.15) is 0 Å². The molecule has 1 unspecified atom stereocenters. The lowest BCUT2D eigenvalue weighted by Crippen LogP contribution is -2.25. The Hall–Kier alpha value is -0.450. The van der Waals surface area contributed by atoms with E-state index in [-0.39, 0.29) is 0 Å². The lowest BCUT2D eigenvalue weighted by molar-refractivity contribution is 0.0115. The number of thiazole rings is 1. The predicted molar refractivity (Wildman–Crippen MR) is 62.0 cm³/mol. The van der Waals surface area contributed by atoms with Gasteiger partial charge in [-0.05, 0) is 32.2 Å². The molecule has 2 heterocycles. The van der Waals surface area contributed by atoms with E-state index in [4.69, 9.17) is 4.74 Å². The summed E-state index contributed by atoms with van der Waals surface area (Å²) in [5, 5.41) is 6.58. The standard InChI is InChI=1S/C11H18N2OS/c1-2-7-14-10(3-1)4-5-12-9-11-13-6-8-15-11/h6,8,10,12H,1-5,7,9H2. The van der Waals surface area contributed by atoms with Crippen molar-refractivity contribution in [2.45, 2.75) is 38.3 Å². The topological polar surface area (TPSA) is 34.1 Å². The molecule has 3 nitrogen and oxygen atoms in total. The minimum Gasteiger partial charge on any atom is -0.378 e. The van der Waals surface area contributed by atoms with Gasteiger partial charge in [-0.15, -0.1) is 11.3 Å². The molecule has 0 bridgehead atoms. The predicted octanol–water partition coefficient (Wildman–Crippen LogP) is 2.19. The normalized spacial score (nSPS) is 21.7. The summed E-state index contributed by atoms with van der Waals surface area (Å²) < 4.78 is 5.66. The highest BCUT2D eigenvalue weighted by molar-refractivity contribution is 7.09. The minimum absolute atomic E-state index is 0.488. The smallest absolute Gasteiger partial charge is 0.106 e. The lowest BCUT2D eigenvalue weighted by Gasteiger charge is -2.22. The number of rotatable bonds is 5. The maximum atomic E-state index is 5.66. The maximum absolute atomic E-state index is 5.66. The van der Waals surface area contributed by atoms with Crippen LogP contribution in [0.15, 0.2) is 11.6 Å². The molecule has 0 spiro atoms. The van der Waals surface area contributed by atoms with Crippen LogP contribution >= 0.6 is 11.3 Å². The second-order valence-corrected chi connectivity index (χ2v) is 4.86. The molecule has 2 rings (SSSR count). The summed E-state index contributed by atoms with van der Waals surface area (Å²) in [7, 11) is 0. The van der Waals surface area contributed by atoms with Crippen LogP contribution in [-0.4, -0.2) is 24.2 Å². The van der Waals surface area contributed by atoms with Crippen molar-refractivity contribution in [2.75, 3.05) is 13.2 Å². The van der Waals surface area contributed by atoms with Crippen LogP contribution in [0.4, 0.5) is 0 Å². The molecular formula is C11H18N2OS. The van der Waals surface area contributed by atoms with Crippen LogP contribution in [0.1, 0.15) is 30.7 Å². The Bertz CT molecular complexity index is 258.